The van der Waals surface area contributed by atoms with Crippen LogP contribution in [0.5, 0.6) is 0 Å². The molecule has 0 bridgehead atoms. The molecule has 2 rings (SSSR count). The van der Waals surface area contributed by atoms with E-state index in [-0.39, 0.29) is 5.91 Å². The molecule has 66 valence electrons. The molecule has 0 aromatic carbocycles. The topological polar surface area (TPSA) is 29.1 Å². The number of amides is 1. The van der Waals surface area contributed by atoms with Crippen molar-refractivity contribution in [2.75, 3.05) is 0 Å². The molecule has 0 radical (unpaired) electrons. The molecule has 1 amide bonds. The summed E-state index contributed by atoms with van der Waals surface area (Å²) in [4.78, 5) is 11.5. The normalized spacial score (nSPS) is 19.5. The van der Waals surface area contributed by atoms with Gasteiger partial charge in [-0.1, -0.05) is 12.2 Å². The molecule has 0 spiro atoms. The number of rotatable bonds is 2. The molecule has 1 saturated carbocycles. The molecule has 1 N–H and O–H groups in total. The van der Waals surface area contributed by atoms with Gasteiger partial charge in [0.05, 0.1) is 0 Å². The molecular formula is C11H11NO. The second kappa shape index (κ2) is 3.46. The molecule has 2 aliphatic rings. The van der Waals surface area contributed by atoms with Gasteiger partial charge in [0.25, 0.3) is 5.91 Å². The first kappa shape index (κ1) is 8.09. The summed E-state index contributed by atoms with van der Waals surface area (Å²) in [6.45, 7) is 0. The van der Waals surface area contributed by atoms with Crippen LogP contribution in [0.25, 0.3) is 0 Å². The Kier molecular flexibility index (Phi) is 2.15. The monoisotopic (exact) mass is 173 g/mol. The minimum Gasteiger partial charge on any atom is -0.349 e. The fraction of sp³-hybridized carbons (Fsp3) is 0.273. The number of hydrogen-bond donors (Lipinski definition) is 1. The summed E-state index contributed by atoms with van der Waals surface area (Å²) in [5.41, 5.74) is 3.58. The molecule has 0 saturated heterocycles. The fourth-order valence-electron chi connectivity index (χ4n) is 1.09. The minimum atomic E-state index is 0.00921. The maximum atomic E-state index is 11.5. The summed E-state index contributed by atoms with van der Waals surface area (Å²) in [7, 11) is 0. The Morgan fingerprint density at radius 3 is 3.08 bits per heavy atom. The van der Waals surface area contributed by atoms with E-state index in [4.69, 9.17) is 0 Å². The largest absolute Gasteiger partial charge is 0.349 e. The molecule has 1 fully saturated rings. The van der Waals surface area contributed by atoms with Crippen molar-refractivity contribution in [2.24, 2.45) is 0 Å². The van der Waals surface area contributed by atoms with Gasteiger partial charge < -0.3 is 5.32 Å². The Balaban J connectivity index is 2.05. The highest BCUT2D eigenvalue weighted by atomic mass is 16.1. The van der Waals surface area contributed by atoms with Crippen molar-refractivity contribution in [3.05, 3.63) is 41.7 Å². The number of hydrogen-bond acceptors (Lipinski definition) is 1. The maximum absolute atomic E-state index is 11.5. The quantitative estimate of drug-likeness (QED) is 0.629. The third kappa shape index (κ3) is 2.20. The van der Waals surface area contributed by atoms with Crippen LogP contribution in [0.2, 0.25) is 0 Å². The first-order valence-corrected chi connectivity index (χ1v) is 4.46. The first-order valence-electron chi connectivity index (χ1n) is 4.46. The van der Waals surface area contributed by atoms with Crippen LogP contribution in [0.1, 0.15) is 12.8 Å². The van der Waals surface area contributed by atoms with Crippen LogP contribution in [0.15, 0.2) is 41.7 Å². The molecule has 0 aliphatic heterocycles. The van der Waals surface area contributed by atoms with Crippen LogP contribution in [0.4, 0.5) is 0 Å². The van der Waals surface area contributed by atoms with Gasteiger partial charge >= 0.3 is 0 Å². The Labute approximate surface area is 77.3 Å². The summed E-state index contributed by atoms with van der Waals surface area (Å²) in [6, 6.07) is 0.415. The van der Waals surface area contributed by atoms with Crippen molar-refractivity contribution in [3.63, 3.8) is 0 Å². The lowest BCUT2D eigenvalue weighted by Crippen LogP contribution is -2.26. The van der Waals surface area contributed by atoms with E-state index in [9.17, 15) is 4.79 Å². The molecule has 13 heavy (non-hydrogen) atoms. The van der Waals surface area contributed by atoms with Crippen LogP contribution in [-0.4, -0.2) is 11.9 Å². The minimum absolute atomic E-state index is 0.00921. The predicted octanol–water partition coefficient (Wildman–Crippen LogP) is 1.47. The van der Waals surface area contributed by atoms with E-state index in [0.717, 1.165) is 12.8 Å². The molecule has 0 heterocycles. The first-order chi connectivity index (χ1) is 6.36. The highest BCUT2D eigenvalue weighted by Crippen LogP contribution is 2.19. The molecular weight excluding hydrogens is 162 g/mol. The molecule has 0 aromatic rings. The van der Waals surface area contributed by atoms with Crippen LogP contribution in [-0.2, 0) is 4.79 Å². The Morgan fingerprint density at radius 2 is 2.31 bits per heavy atom. The van der Waals surface area contributed by atoms with E-state index in [2.05, 4.69) is 11.0 Å². The van der Waals surface area contributed by atoms with E-state index in [0.29, 0.717) is 11.6 Å². The van der Waals surface area contributed by atoms with Gasteiger partial charge in [-0.05, 0) is 31.1 Å². The van der Waals surface area contributed by atoms with Crippen molar-refractivity contribution in [2.45, 2.75) is 18.9 Å². The second-order valence-electron chi connectivity index (χ2n) is 3.23. The lowest BCUT2D eigenvalue weighted by Gasteiger charge is -2.01. The SMILES string of the molecule is O=C(NC1CC1)C1=CC=CC=C=C1. The van der Waals surface area contributed by atoms with E-state index < -0.39 is 0 Å². The van der Waals surface area contributed by atoms with E-state index in [1.807, 2.05) is 12.2 Å². The lowest BCUT2D eigenvalue weighted by molar-refractivity contribution is -0.117. The van der Waals surface area contributed by atoms with Crippen LogP contribution < -0.4 is 5.32 Å². The molecule has 2 heteroatoms. The summed E-state index contributed by atoms with van der Waals surface area (Å²) < 4.78 is 0. The van der Waals surface area contributed by atoms with Crippen molar-refractivity contribution in [1.29, 1.82) is 0 Å². The third-order valence-corrected chi connectivity index (χ3v) is 1.99. The Bertz CT molecular complexity index is 339. The summed E-state index contributed by atoms with van der Waals surface area (Å²) in [6.07, 6.45) is 11.2. The average Bonchev–Trinajstić information content (AvgIpc) is 2.87. The Hall–Kier alpha value is -1.53. The third-order valence-electron chi connectivity index (χ3n) is 1.99. The predicted molar refractivity (Wildman–Crippen MR) is 51.0 cm³/mol. The molecule has 0 aromatic heterocycles. The molecule has 2 nitrogen and oxygen atoms in total. The maximum Gasteiger partial charge on any atom is 0.252 e. The zero-order valence-corrected chi connectivity index (χ0v) is 7.29. The summed E-state index contributed by atoms with van der Waals surface area (Å²) in [5, 5.41) is 2.93. The van der Waals surface area contributed by atoms with Crippen LogP contribution in [0, 0.1) is 0 Å². The average molecular weight is 173 g/mol. The molecule has 0 atom stereocenters. The van der Waals surface area contributed by atoms with Crippen molar-refractivity contribution in [3.8, 4) is 0 Å². The van der Waals surface area contributed by atoms with Gasteiger partial charge in [0.15, 0.2) is 0 Å². The highest BCUT2D eigenvalue weighted by Gasteiger charge is 2.23. The van der Waals surface area contributed by atoms with Gasteiger partial charge in [-0.2, -0.15) is 0 Å². The van der Waals surface area contributed by atoms with Gasteiger partial charge in [0, 0.05) is 11.6 Å². The fourth-order valence-corrected chi connectivity index (χ4v) is 1.09. The van der Waals surface area contributed by atoms with E-state index in [1.54, 1.807) is 18.2 Å². The van der Waals surface area contributed by atoms with Gasteiger partial charge in [-0.25, -0.2) is 0 Å². The van der Waals surface area contributed by atoms with Gasteiger partial charge in [0.2, 0.25) is 0 Å². The van der Waals surface area contributed by atoms with Crippen molar-refractivity contribution in [1.82, 2.24) is 5.32 Å². The van der Waals surface area contributed by atoms with Gasteiger partial charge in [0.1, 0.15) is 0 Å². The standard InChI is InChI=1S/C11H11NO/c13-11(12-10-7-8-10)9-5-3-1-2-4-6-9/h1-3,5-6,10H,7-8H2,(H,12,13). The van der Waals surface area contributed by atoms with E-state index >= 15 is 0 Å². The van der Waals surface area contributed by atoms with Gasteiger partial charge in [-0.15, -0.1) is 5.73 Å². The number of nitrogens with one attached hydrogen (secondary N) is 1. The summed E-state index contributed by atoms with van der Waals surface area (Å²) >= 11 is 0. The molecule has 0 unspecified atom stereocenters. The van der Waals surface area contributed by atoms with Crippen LogP contribution in [0.3, 0.4) is 0 Å². The van der Waals surface area contributed by atoms with Crippen LogP contribution >= 0.6 is 0 Å². The number of carbonyl (C=O) groups is 1. The summed E-state index contributed by atoms with van der Waals surface area (Å²) in [5.74, 6) is 0.00921. The van der Waals surface area contributed by atoms with Crippen molar-refractivity contribution < 1.29 is 4.79 Å². The van der Waals surface area contributed by atoms with Gasteiger partial charge in [-0.3, -0.25) is 4.79 Å². The highest BCUT2D eigenvalue weighted by molar-refractivity contribution is 5.96. The van der Waals surface area contributed by atoms with E-state index in [1.165, 1.54) is 0 Å². The molecule has 2 aliphatic carbocycles. The lowest BCUT2D eigenvalue weighted by atomic mass is 10.2. The second-order valence-corrected chi connectivity index (χ2v) is 3.23. The zero-order chi connectivity index (χ0) is 9.10. The smallest absolute Gasteiger partial charge is 0.252 e. The van der Waals surface area contributed by atoms with Crippen molar-refractivity contribution >= 4 is 5.91 Å². The number of allylic oxidation sites excluding steroid dienone is 3. The Morgan fingerprint density at radius 1 is 1.46 bits per heavy atom. The number of carbonyl (C=O) groups excluding carboxylic acids is 1. The zero-order valence-electron chi connectivity index (χ0n) is 7.29.